The van der Waals surface area contributed by atoms with E-state index in [1.165, 1.54) is 39.9 Å². The van der Waals surface area contributed by atoms with Crippen LogP contribution in [-0.2, 0) is 10.0 Å². The van der Waals surface area contributed by atoms with E-state index in [0.717, 1.165) is 23.3 Å². The zero-order valence-electron chi connectivity index (χ0n) is 16.7. The van der Waals surface area contributed by atoms with Gasteiger partial charge in [0.1, 0.15) is 5.00 Å². The second-order valence-electron chi connectivity index (χ2n) is 7.31. The summed E-state index contributed by atoms with van der Waals surface area (Å²) in [5, 5.41) is 3.08. The van der Waals surface area contributed by atoms with Crippen LogP contribution < -0.4 is 11.1 Å². The van der Waals surface area contributed by atoms with Crippen LogP contribution in [0.1, 0.15) is 33.6 Å². The Morgan fingerprint density at radius 1 is 1.06 bits per heavy atom. The molecule has 9 heteroatoms. The summed E-state index contributed by atoms with van der Waals surface area (Å²) in [7, 11) is -2.01. The summed E-state index contributed by atoms with van der Waals surface area (Å²) in [5.74, 6) is -1.10. The minimum absolute atomic E-state index is 0.0536. The van der Waals surface area contributed by atoms with E-state index in [1.54, 1.807) is 13.1 Å². The van der Waals surface area contributed by atoms with E-state index in [-0.39, 0.29) is 22.1 Å². The number of nitrogens with zero attached hydrogens (tertiary/aromatic N) is 1. The summed E-state index contributed by atoms with van der Waals surface area (Å²) in [6.07, 6.45) is 1.73. The molecule has 0 atom stereocenters. The Balaban J connectivity index is 1.56. The molecule has 1 fully saturated rings. The minimum atomic E-state index is -3.58. The molecule has 0 spiro atoms. The Bertz CT molecular complexity index is 1230. The van der Waals surface area contributed by atoms with Crippen molar-refractivity contribution in [1.29, 1.82) is 0 Å². The Kier molecular flexibility index (Phi) is 5.65. The van der Waals surface area contributed by atoms with E-state index in [1.807, 2.05) is 30.3 Å². The van der Waals surface area contributed by atoms with Crippen molar-refractivity contribution in [2.75, 3.05) is 12.4 Å². The maximum Gasteiger partial charge on any atom is 0.256 e. The van der Waals surface area contributed by atoms with E-state index < -0.39 is 21.8 Å². The topological polar surface area (TPSA) is 110 Å². The number of nitrogens with two attached hydrogens (primary N) is 1. The number of nitrogens with one attached hydrogen (secondary N) is 1. The predicted molar refractivity (Wildman–Crippen MR) is 121 cm³/mol. The smallest absolute Gasteiger partial charge is 0.256 e. The molecular weight excluding hydrogens is 434 g/mol. The Hall–Kier alpha value is -3.01. The molecule has 7 nitrogen and oxygen atoms in total. The van der Waals surface area contributed by atoms with Gasteiger partial charge in [-0.05, 0) is 48.7 Å². The molecule has 1 aliphatic carbocycles. The molecule has 3 N–H and O–H groups in total. The SMILES string of the molecule is CN(C1CC1)S(=O)(=O)c1ccc(C(=O)Nc2sc(-c3ccccc3)cc2C(N)=O)cc1. The van der Waals surface area contributed by atoms with Crippen LogP contribution in [-0.4, -0.2) is 37.6 Å². The summed E-state index contributed by atoms with van der Waals surface area (Å²) >= 11 is 1.25. The van der Waals surface area contributed by atoms with E-state index >= 15 is 0 Å². The highest BCUT2D eigenvalue weighted by atomic mass is 32.2. The molecule has 0 unspecified atom stereocenters. The largest absolute Gasteiger partial charge is 0.366 e. The highest BCUT2D eigenvalue weighted by Crippen LogP contribution is 2.35. The number of carbonyl (C=O) groups excluding carboxylic acids is 2. The van der Waals surface area contributed by atoms with Gasteiger partial charge in [-0.2, -0.15) is 4.31 Å². The van der Waals surface area contributed by atoms with Gasteiger partial charge < -0.3 is 11.1 Å². The quantitative estimate of drug-likeness (QED) is 0.568. The summed E-state index contributed by atoms with van der Waals surface area (Å²) in [6, 6.07) is 16.9. The lowest BCUT2D eigenvalue weighted by molar-refractivity contribution is 0.100. The van der Waals surface area contributed by atoms with Crippen LogP contribution in [0.4, 0.5) is 5.00 Å². The van der Waals surface area contributed by atoms with Gasteiger partial charge in [0, 0.05) is 23.5 Å². The monoisotopic (exact) mass is 455 g/mol. The fourth-order valence-electron chi connectivity index (χ4n) is 3.17. The van der Waals surface area contributed by atoms with Crippen LogP contribution in [0.25, 0.3) is 10.4 Å². The number of hydrogen-bond donors (Lipinski definition) is 2. The third-order valence-corrected chi connectivity index (χ3v) is 8.16. The Labute approximate surface area is 184 Å². The number of amides is 2. The molecular formula is C22H21N3O4S2. The molecule has 0 aliphatic heterocycles. The van der Waals surface area contributed by atoms with Crippen molar-refractivity contribution >= 4 is 38.2 Å². The van der Waals surface area contributed by atoms with E-state index in [4.69, 9.17) is 5.73 Å². The highest BCUT2D eigenvalue weighted by molar-refractivity contribution is 7.89. The standard InChI is InChI=1S/C22H21N3O4S2/c1-25(16-9-10-16)31(28,29)17-11-7-15(8-12-17)21(27)24-22-18(20(23)26)13-19(30-22)14-5-3-2-4-6-14/h2-8,11-13,16H,9-10H2,1H3,(H2,23,26)(H,24,27). The number of anilines is 1. The van der Waals surface area contributed by atoms with Gasteiger partial charge in [-0.1, -0.05) is 30.3 Å². The lowest BCUT2D eigenvalue weighted by Crippen LogP contribution is -2.29. The molecule has 3 aromatic rings. The van der Waals surface area contributed by atoms with Gasteiger partial charge in [-0.25, -0.2) is 8.42 Å². The van der Waals surface area contributed by atoms with Crippen LogP contribution in [0.2, 0.25) is 0 Å². The van der Waals surface area contributed by atoms with Crippen molar-refractivity contribution in [2.24, 2.45) is 5.73 Å². The predicted octanol–water partition coefficient (Wildman–Crippen LogP) is 3.55. The van der Waals surface area contributed by atoms with Crippen LogP contribution in [0.3, 0.4) is 0 Å². The Morgan fingerprint density at radius 2 is 1.71 bits per heavy atom. The van der Waals surface area contributed by atoms with E-state index in [2.05, 4.69) is 5.32 Å². The first-order valence-electron chi connectivity index (χ1n) is 9.66. The molecule has 4 rings (SSSR count). The number of benzene rings is 2. The summed E-state index contributed by atoms with van der Waals surface area (Å²) in [5.41, 5.74) is 6.90. The van der Waals surface area contributed by atoms with Gasteiger partial charge in [0.25, 0.3) is 11.8 Å². The van der Waals surface area contributed by atoms with Gasteiger partial charge in [0.05, 0.1) is 10.5 Å². The van der Waals surface area contributed by atoms with E-state index in [9.17, 15) is 18.0 Å². The van der Waals surface area contributed by atoms with Crippen molar-refractivity contribution in [3.63, 3.8) is 0 Å². The first-order chi connectivity index (χ1) is 14.8. The minimum Gasteiger partial charge on any atom is -0.366 e. The molecule has 0 saturated heterocycles. The molecule has 0 radical (unpaired) electrons. The molecule has 2 aromatic carbocycles. The van der Waals surface area contributed by atoms with Crippen LogP contribution in [0.15, 0.2) is 65.6 Å². The number of carbonyl (C=O) groups is 2. The van der Waals surface area contributed by atoms with Crippen LogP contribution in [0.5, 0.6) is 0 Å². The average molecular weight is 456 g/mol. The number of rotatable bonds is 7. The maximum atomic E-state index is 12.7. The fourth-order valence-corrected chi connectivity index (χ4v) is 5.65. The third kappa shape index (κ3) is 4.39. The molecule has 2 amide bonds. The van der Waals surface area contributed by atoms with E-state index in [0.29, 0.717) is 5.00 Å². The zero-order chi connectivity index (χ0) is 22.2. The third-order valence-electron chi connectivity index (χ3n) is 5.14. The fraction of sp³-hybridized carbons (Fsp3) is 0.182. The second-order valence-corrected chi connectivity index (χ2v) is 10.4. The number of sulfonamides is 1. The van der Waals surface area contributed by atoms with Crippen molar-refractivity contribution in [2.45, 2.75) is 23.8 Å². The van der Waals surface area contributed by atoms with Gasteiger partial charge >= 0.3 is 0 Å². The van der Waals surface area contributed by atoms with Crippen molar-refractivity contribution in [3.05, 3.63) is 71.8 Å². The summed E-state index contributed by atoms with van der Waals surface area (Å²) in [6.45, 7) is 0. The zero-order valence-corrected chi connectivity index (χ0v) is 18.4. The van der Waals surface area contributed by atoms with Crippen LogP contribution in [0, 0.1) is 0 Å². The molecule has 1 saturated carbocycles. The molecule has 0 bridgehead atoms. The number of thiophene rings is 1. The van der Waals surface area contributed by atoms with Gasteiger partial charge in [-0.3, -0.25) is 9.59 Å². The number of primary amides is 1. The molecule has 31 heavy (non-hydrogen) atoms. The Morgan fingerprint density at radius 3 is 2.29 bits per heavy atom. The lowest BCUT2D eigenvalue weighted by Gasteiger charge is -2.16. The van der Waals surface area contributed by atoms with Gasteiger partial charge in [0.15, 0.2) is 0 Å². The lowest BCUT2D eigenvalue weighted by atomic mass is 10.1. The summed E-state index contributed by atoms with van der Waals surface area (Å²) < 4.78 is 26.6. The van der Waals surface area contributed by atoms with Gasteiger partial charge in [0.2, 0.25) is 10.0 Å². The molecule has 160 valence electrons. The van der Waals surface area contributed by atoms with Crippen molar-refractivity contribution in [1.82, 2.24) is 4.31 Å². The first-order valence-corrected chi connectivity index (χ1v) is 11.9. The summed E-state index contributed by atoms with van der Waals surface area (Å²) in [4.78, 5) is 25.5. The second kappa shape index (κ2) is 8.26. The number of hydrogen-bond acceptors (Lipinski definition) is 5. The van der Waals surface area contributed by atoms with Crippen LogP contribution >= 0.6 is 11.3 Å². The first kappa shape index (κ1) is 21.2. The average Bonchev–Trinajstić information content (AvgIpc) is 3.53. The highest BCUT2D eigenvalue weighted by Gasteiger charge is 2.35. The normalized spacial score (nSPS) is 13.9. The maximum absolute atomic E-state index is 12.7. The van der Waals surface area contributed by atoms with Crippen molar-refractivity contribution < 1.29 is 18.0 Å². The molecule has 1 heterocycles. The van der Waals surface area contributed by atoms with Gasteiger partial charge in [-0.15, -0.1) is 11.3 Å². The van der Waals surface area contributed by atoms with Crippen molar-refractivity contribution in [3.8, 4) is 10.4 Å². The molecule has 1 aliphatic rings. The molecule has 1 aromatic heterocycles.